The van der Waals surface area contributed by atoms with Crippen molar-refractivity contribution in [3.05, 3.63) is 30.3 Å². The third-order valence-electron chi connectivity index (χ3n) is 4.34. The molecule has 9 heteroatoms. The maximum Gasteiger partial charge on any atom is 0.230 e. The molecule has 1 fully saturated rings. The van der Waals surface area contributed by atoms with E-state index >= 15 is 0 Å². The average molecular weight is 395 g/mol. The van der Waals surface area contributed by atoms with Crippen LogP contribution in [-0.4, -0.2) is 51.9 Å². The molecule has 2 heterocycles. The lowest BCUT2D eigenvalue weighted by Gasteiger charge is -2.23. The predicted octanol–water partition coefficient (Wildman–Crippen LogP) is 1.75. The zero-order chi connectivity index (χ0) is 18.8. The number of amides is 1. The number of aromatic nitrogens is 3. The Morgan fingerprint density at radius 2 is 2.04 bits per heavy atom. The molecule has 3 rings (SSSR count). The molecule has 1 saturated heterocycles. The fraction of sp³-hybridized carbons (Fsp3) is 0.471. The molecule has 1 aromatic carbocycles. The molecular formula is C17H22N4O3S2. The first-order valence-electron chi connectivity index (χ1n) is 8.45. The van der Waals surface area contributed by atoms with Crippen molar-refractivity contribution in [3.63, 3.8) is 0 Å². The number of sulfone groups is 1. The fourth-order valence-electron chi connectivity index (χ4n) is 3.09. The number of hydrogen-bond acceptors (Lipinski definition) is 6. The molecule has 1 atom stereocenters. The zero-order valence-electron chi connectivity index (χ0n) is 14.8. The van der Waals surface area contributed by atoms with E-state index < -0.39 is 15.4 Å². The minimum absolute atomic E-state index is 0.000293. The number of carbonyl (C=O) groups is 1. The number of rotatable bonds is 6. The van der Waals surface area contributed by atoms with Gasteiger partial charge in [0.15, 0.2) is 20.8 Å². The van der Waals surface area contributed by atoms with Crippen LogP contribution < -0.4 is 5.32 Å². The second-order valence-electron chi connectivity index (χ2n) is 6.66. The van der Waals surface area contributed by atoms with Crippen molar-refractivity contribution in [2.24, 2.45) is 0 Å². The molecule has 7 nitrogen and oxygen atoms in total. The smallest absolute Gasteiger partial charge is 0.230 e. The molecule has 26 heavy (non-hydrogen) atoms. The first kappa shape index (κ1) is 18.9. The Balaban J connectivity index is 1.65. The third-order valence-corrected chi connectivity index (χ3v) is 7.21. The van der Waals surface area contributed by atoms with E-state index in [0.717, 1.165) is 11.4 Å². The molecular weight excluding hydrogens is 372 g/mol. The van der Waals surface area contributed by atoms with Crippen LogP contribution in [0.3, 0.4) is 0 Å². The van der Waals surface area contributed by atoms with Crippen LogP contribution in [0.2, 0.25) is 0 Å². The number of nitrogens with one attached hydrogen (secondary N) is 1. The van der Waals surface area contributed by atoms with E-state index in [9.17, 15) is 13.2 Å². The van der Waals surface area contributed by atoms with Crippen LogP contribution in [0.1, 0.15) is 20.3 Å². The van der Waals surface area contributed by atoms with Gasteiger partial charge >= 0.3 is 0 Å². The summed E-state index contributed by atoms with van der Waals surface area (Å²) < 4.78 is 25.3. The lowest BCUT2D eigenvalue weighted by molar-refractivity contribution is -0.120. The molecule has 1 amide bonds. The van der Waals surface area contributed by atoms with E-state index in [1.54, 1.807) is 6.92 Å². The monoisotopic (exact) mass is 394 g/mol. The van der Waals surface area contributed by atoms with Crippen molar-refractivity contribution in [1.29, 1.82) is 0 Å². The summed E-state index contributed by atoms with van der Waals surface area (Å²) in [5.74, 6) is 0.871. The second-order valence-corrected chi connectivity index (χ2v) is 9.78. The highest BCUT2D eigenvalue weighted by molar-refractivity contribution is 7.99. The summed E-state index contributed by atoms with van der Waals surface area (Å²) in [6, 6.07) is 9.78. The van der Waals surface area contributed by atoms with E-state index in [4.69, 9.17) is 0 Å². The fourth-order valence-corrected chi connectivity index (χ4v) is 5.99. The van der Waals surface area contributed by atoms with Crippen LogP contribution in [0.15, 0.2) is 35.5 Å². The van der Waals surface area contributed by atoms with Crippen LogP contribution in [0.4, 0.5) is 0 Å². The van der Waals surface area contributed by atoms with Gasteiger partial charge in [-0.05, 0) is 20.3 Å². The van der Waals surface area contributed by atoms with Crippen molar-refractivity contribution < 1.29 is 13.2 Å². The summed E-state index contributed by atoms with van der Waals surface area (Å²) in [5.41, 5.74) is 0.297. The normalized spacial score (nSPS) is 21.6. The quantitative estimate of drug-likeness (QED) is 0.750. The Hall–Kier alpha value is -1.87. The summed E-state index contributed by atoms with van der Waals surface area (Å²) in [7, 11) is -3.05. The van der Waals surface area contributed by atoms with Gasteiger partial charge in [0, 0.05) is 12.1 Å². The van der Waals surface area contributed by atoms with Gasteiger partial charge < -0.3 is 9.88 Å². The largest absolute Gasteiger partial charge is 0.349 e. The predicted molar refractivity (Wildman–Crippen MR) is 102 cm³/mol. The molecule has 0 radical (unpaired) electrons. The third kappa shape index (κ3) is 4.27. The Bertz CT molecular complexity index is 896. The van der Waals surface area contributed by atoms with Crippen LogP contribution in [-0.2, 0) is 21.2 Å². The Kier molecular flexibility index (Phi) is 5.38. The second kappa shape index (κ2) is 7.40. The number of carbonyl (C=O) groups excluding carboxylic acids is 1. The van der Waals surface area contributed by atoms with E-state index in [-0.39, 0.29) is 23.2 Å². The van der Waals surface area contributed by atoms with Gasteiger partial charge in [-0.2, -0.15) is 0 Å². The van der Waals surface area contributed by atoms with E-state index in [1.165, 1.54) is 11.8 Å². The first-order chi connectivity index (χ1) is 12.3. The van der Waals surface area contributed by atoms with Gasteiger partial charge in [0.1, 0.15) is 0 Å². The van der Waals surface area contributed by atoms with Gasteiger partial charge in [-0.1, -0.05) is 42.1 Å². The minimum Gasteiger partial charge on any atom is -0.349 e. The van der Waals surface area contributed by atoms with Crippen molar-refractivity contribution in [2.45, 2.75) is 37.5 Å². The first-order valence-corrected chi connectivity index (χ1v) is 11.3. The van der Waals surface area contributed by atoms with Gasteiger partial charge in [0.05, 0.1) is 22.8 Å². The maximum atomic E-state index is 12.3. The highest BCUT2D eigenvalue weighted by Crippen LogP contribution is 2.25. The number of nitrogens with zero attached hydrogens (tertiary/aromatic N) is 3. The molecule has 1 aliphatic rings. The topological polar surface area (TPSA) is 94.0 Å². The summed E-state index contributed by atoms with van der Waals surface area (Å²) in [4.78, 5) is 12.3. The van der Waals surface area contributed by atoms with Crippen LogP contribution in [0.5, 0.6) is 0 Å². The van der Waals surface area contributed by atoms with Gasteiger partial charge in [-0.25, -0.2) is 8.42 Å². The minimum atomic E-state index is -3.05. The van der Waals surface area contributed by atoms with Gasteiger partial charge in [0.25, 0.3) is 0 Å². The van der Waals surface area contributed by atoms with Crippen molar-refractivity contribution in [3.8, 4) is 11.4 Å². The molecule has 0 saturated carbocycles. The molecule has 0 spiro atoms. The number of hydrogen-bond donors (Lipinski definition) is 1. The lowest BCUT2D eigenvalue weighted by Crippen LogP contribution is -2.47. The summed E-state index contributed by atoms with van der Waals surface area (Å²) in [6.45, 7) is 4.48. The van der Waals surface area contributed by atoms with Crippen LogP contribution in [0, 0.1) is 0 Å². The Morgan fingerprint density at radius 3 is 2.65 bits per heavy atom. The Labute approximate surface area is 157 Å². The van der Waals surface area contributed by atoms with Crippen molar-refractivity contribution in [2.75, 3.05) is 17.3 Å². The molecule has 1 N–H and O–H groups in total. The van der Waals surface area contributed by atoms with Crippen molar-refractivity contribution >= 4 is 27.5 Å². The zero-order valence-corrected chi connectivity index (χ0v) is 16.4. The van der Waals surface area contributed by atoms with E-state index in [1.807, 2.05) is 41.8 Å². The van der Waals surface area contributed by atoms with E-state index in [0.29, 0.717) is 18.1 Å². The SMILES string of the molecule is CCn1c(SCC(=O)N[C@]2(C)CCS(=O)(=O)C2)nnc1-c1ccccc1. The Morgan fingerprint density at radius 1 is 1.31 bits per heavy atom. The summed E-state index contributed by atoms with van der Waals surface area (Å²) in [5, 5.41) is 12.0. The molecule has 0 bridgehead atoms. The molecule has 1 aromatic heterocycles. The number of thioether (sulfide) groups is 1. The highest BCUT2D eigenvalue weighted by Gasteiger charge is 2.39. The lowest BCUT2D eigenvalue weighted by atomic mass is 10.0. The van der Waals surface area contributed by atoms with Gasteiger partial charge in [0.2, 0.25) is 5.91 Å². The molecule has 2 aromatic rings. The van der Waals surface area contributed by atoms with Gasteiger partial charge in [-0.15, -0.1) is 10.2 Å². The van der Waals surface area contributed by atoms with Gasteiger partial charge in [-0.3, -0.25) is 4.79 Å². The molecule has 1 aliphatic heterocycles. The summed E-state index contributed by atoms with van der Waals surface area (Å²) >= 11 is 1.31. The maximum absolute atomic E-state index is 12.3. The molecule has 0 aliphatic carbocycles. The van der Waals surface area contributed by atoms with Crippen LogP contribution in [0.25, 0.3) is 11.4 Å². The molecule has 0 unspecified atom stereocenters. The van der Waals surface area contributed by atoms with Crippen LogP contribution >= 0.6 is 11.8 Å². The molecule has 140 valence electrons. The standard InChI is InChI=1S/C17H22N4O3S2/c1-3-21-15(13-7-5-4-6-8-13)19-20-16(21)25-11-14(22)18-17(2)9-10-26(23,24)12-17/h4-8H,3,9-12H2,1-2H3,(H,18,22)/t17-/m1/s1. The average Bonchev–Trinajstić information content (AvgIpc) is 3.13. The van der Waals surface area contributed by atoms with E-state index in [2.05, 4.69) is 15.5 Å². The number of benzene rings is 1. The van der Waals surface area contributed by atoms with Crippen molar-refractivity contribution in [1.82, 2.24) is 20.1 Å². The highest BCUT2D eigenvalue weighted by atomic mass is 32.2. The summed E-state index contributed by atoms with van der Waals surface area (Å²) in [6.07, 6.45) is 0.453.